The SMILES string of the molecule is C[C@]12CC[C@](C)(O1)[C@@H]1C(=O)N(c3ccc(C#N)n4nccc34)C(=O)[C@@H]12. The molecule has 2 aromatic rings. The van der Waals surface area contributed by atoms with E-state index in [1.807, 2.05) is 13.8 Å². The number of anilines is 1. The number of amides is 2. The smallest absolute Gasteiger partial charge is 0.240 e. The fourth-order valence-corrected chi connectivity index (χ4v) is 4.98. The molecular formula is C18H16N4O3. The van der Waals surface area contributed by atoms with Crippen LogP contribution in [-0.2, 0) is 14.3 Å². The van der Waals surface area contributed by atoms with Crippen LogP contribution in [0.5, 0.6) is 0 Å². The maximum absolute atomic E-state index is 13.2. The number of hydrogen-bond donors (Lipinski definition) is 0. The van der Waals surface area contributed by atoms with Gasteiger partial charge in [-0.15, -0.1) is 0 Å². The second-order valence-corrected chi connectivity index (χ2v) is 7.54. The third-order valence-electron chi connectivity index (χ3n) is 6.09. The molecule has 5 heterocycles. The van der Waals surface area contributed by atoms with Gasteiger partial charge in [0.05, 0.1) is 40.4 Å². The van der Waals surface area contributed by atoms with Crippen LogP contribution in [0.3, 0.4) is 0 Å². The van der Waals surface area contributed by atoms with E-state index in [-0.39, 0.29) is 11.8 Å². The van der Waals surface area contributed by atoms with Gasteiger partial charge in [-0.25, -0.2) is 9.42 Å². The van der Waals surface area contributed by atoms with E-state index in [1.54, 1.807) is 24.4 Å². The molecule has 5 rings (SSSR count). The molecule has 2 amide bonds. The molecule has 0 unspecified atom stereocenters. The number of imide groups is 1. The van der Waals surface area contributed by atoms with Gasteiger partial charge in [0.1, 0.15) is 11.8 Å². The zero-order chi connectivity index (χ0) is 17.6. The lowest BCUT2D eigenvalue weighted by Gasteiger charge is -2.27. The van der Waals surface area contributed by atoms with Crippen molar-refractivity contribution in [2.75, 3.05) is 4.90 Å². The molecule has 2 aromatic heterocycles. The average Bonchev–Trinajstić information content (AvgIpc) is 3.28. The maximum Gasteiger partial charge on any atom is 0.240 e. The van der Waals surface area contributed by atoms with Gasteiger partial charge < -0.3 is 4.74 Å². The summed E-state index contributed by atoms with van der Waals surface area (Å²) in [4.78, 5) is 27.6. The molecule has 126 valence electrons. The van der Waals surface area contributed by atoms with Gasteiger partial charge in [-0.3, -0.25) is 9.59 Å². The molecule has 3 saturated heterocycles. The van der Waals surface area contributed by atoms with E-state index in [0.717, 1.165) is 12.8 Å². The van der Waals surface area contributed by atoms with Gasteiger partial charge in [-0.2, -0.15) is 10.4 Å². The minimum Gasteiger partial charge on any atom is -0.367 e. The summed E-state index contributed by atoms with van der Waals surface area (Å²) < 4.78 is 7.58. The van der Waals surface area contributed by atoms with Crippen LogP contribution in [0.15, 0.2) is 24.4 Å². The third kappa shape index (κ3) is 1.56. The number of hydrogen-bond acceptors (Lipinski definition) is 5. The van der Waals surface area contributed by atoms with Crippen LogP contribution in [0.1, 0.15) is 32.4 Å². The monoisotopic (exact) mass is 336 g/mol. The van der Waals surface area contributed by atoms with Crippen molar-refractivity contribution >= 4 is 23.0 Å². The highest BCUT2D eigenvalue weighted by molar-refractivity contribution is 6.24. The number of carbonyl (C=O) groups is 2. The number of fused-ring (bicyclic) bond motifs is 6. The van der Waals surface area contributed by atoms with Crippen molar-refractivity contribution in [2.45, 2.75) is 37.9 Å². The Hall–Kier alpha value is -2.72. The Kier molecular flexibility index (Phi) is 2.49. The van der Waals surface area contributed by atoms with Gasteiger partial charge in [0.15, 0.2) is 0 Å². The van der Waals surface area contributed by atoms with Crippen molar-refractivity contribution in [1.29, 1.82) is 5.26 Å². The second kappa shape index (κ2) is 4.27. The summed E-state index contributed by atoms with van der Waals surface area (Å²) in [5.74, 6) is -1.32. The van der Waals surface area contributed by atoms with Crippen LogP contribution in [0.2, 0.25) is 0 Å². The highest BCUT2D eigenvalue weighted by Gasteiger charge is 2.72. The zero-order valence-electron chi connectivity index (χ0n) is 13.9. The van der Waals surface area contributed by atoms with Crippen LogP contribution in [-0.4, -0.2) is 32.6 Å². The largest absolute Gasteiger partial charge is 0.367 e. The predicted molar refractivity (Wildman–Crippen MR) is 86.5 cm³/mol. The topological polar surface area (TPSA) is 87.7 Å². The van der Waals surface area contributed by atoms with E-state index in [9.17, 15) is 14.9 Å². The molecule has 0 N–H and O–H groups in total. The lowest BCUT2D eigenvalue weighted by Crippen LogP contribution is -2.40. The normalized spacial score (nSPS) is 36.3. The fourth-order valence-electron chi connectivity index (χ4n) is 4.98. The van der Waals surface area contributed by atoms with Crippen LogP contribution in [0, 0.1) is 23.2 Å². The molecular weight excluding hydrogens is 320 g/mol. The Labute approximate surface area is 143 Å². The predicted octanol–water partition coefficient (Wildman–Crippen LogP) is 1.65. The quantitative estimate of drug-likeness (QED) is 0.739. The van der Waals surface area contributed by atoms with Crippen molar-refractivity contribution < 1.29 is 14.3 Å². The number of nitrogens with zero attached hydrogens (tertiary/aromatic N) is 4. The van der Waals surface area contributed by atoms with E-state index in [0.29, 0.717) is 16.9 Å². The summed E-state index contributed by atoms with van der Waals surface area (Å²) in [7, 11) is 0. The van der Waals surface area contributed by atoms with E-state index in [2.05, 4.69) is 11.2 Å². The minimum atomic E-state index is -0.579. The number of ether oxygens (including phenoxy) is 1. The second-order valence-electron chi connectivity index (χ2n) is 7.54. The number of rotatable bonds is 1. The number of aromatic nitrogens is 2. The Morgan fingerprint density at radius 1 is 1.16 bits per heavy atom. The van der Waals surface area contributed by atoms with Crippen molar-refractivity contribution in [3.05, 3.63) is 30.1 Å². The summed E-state index contributed by atoms with van der Waals surface area (Å²) in [5, 5.41) is 13.3. The zero-order valence-corrected chi connectivity index (χ0v) is 13.9. The van der Waals surface area contributed by atoms with Crippen LogP contribution < -0.4 is 4.90 Å². The Morgan fingerprint density at radius 2 is 1.80 bits per heavy atom. The van der Waals surface area contributed by atoms with Crippen molar-refractivity contribution in [2.24, 2.45) is 11.8 Å². The number of pyridine rings is 1. The molecule has 2 bridgehead atoms. The minimum absolute atomic E-state index is 0.214. The fraction of sp³-hybridized carbons (Fsp3) is 0.444. The summed E-state index contributed by atoms with van der Waals surface area (Å²) in [6, 6.07) is 7.01. The highest BCUT2D eigenvalue weighted by atomic mass is 16.5. The molecule has 3 aliphatic heterocycles. The summed E-state index contributed by atoms with van der Waals surface area (Å²) in [5.41, 5.74) is 0.246. The summed E-state index contributed by atoms with van der Waals surface area (Å²) in [6.45, 7) is 3.87. The first-order chi connectivity index (χ1) is 11.9. The van der Waals surface area contributed by atoms with Gasteiger partial charge in [0.2, 0.25) is 11.8 Å². The maximum atomic E-state index is 13.2. The average molecular weight is 336 g/mol. The third-order valence-corrected chi connectivity index (χ3v) is 6.09. The van der Waals surface area contributed by atoms with E-state index in [4.69, 9.17) is 4.74 Å². The summed E-state index contributed by atoms with van der Waals surface area (Å²) >= 11 is 0. The molecule has 3 fully saturated rings. The number of nitriles is 1. The molecule has 0 radical (unpaired) electrons. The van der Waals surface area contributed by atoms with Crippen molar-refractivity contribution in [1.82, 2.24) is 9.61 Å². The number of carbonyl (C=O) groups excluding carboxylic acids is 2. The van der Waals surface area contributed by atoms with Gasteiger partial charge in [-0.05, 0) is 44.9 Å². The van der Waals surface area contributed by atoms with Gasteiger partial charge in [-0.1, -0.05) is 0 Å². The standard InChI is InChI=1S/C18H16N4O3/c1-17-6-7-18(2,25-17)14-13(17)15(23)21(16(14)24)11-4-3-10(9-19)22-12(11)5-8-20-22/h3-5,8,13-14H,6-7H2,1-2H3/t13-,14+,17-,18+. The Bertz CT molecular complexity index is 971. The van der Waals surface area contributed by atoms with Gasteiger partial charge >= 0.3 is 0 Å². The molecule has 25 heavy (non-hydrogen) atoms. The van der Waals surface area contributed by atoms with Crippen LogP contribution in [0.4, 0.5) is 5.69 Å². The van der Waals surface area contributed by atoms with E-state index in [1.165, 1.54) is 9.42 Å². The van der Waals surface area contributed by atoms with Crippen LogP contribution in [0.25, 0.3) is 5.52 Å². The molecule has 0 aliphatic carbocycles. The first-order valence-corrected chi connectivity index (χ1v) is 8.34. The highest BCUT2D eigenvalue weighted by Crippen LogP contribution is 2.61. The van der Waals surface area contributed by atoms with Crippen molar-refractivity contribution in [3.8, 4) is 6.07 Å². The van der Waals surface area contributed by atoms with Crippen LogP contribution >= 0.6 is 0 Å². The van der Waals surface area contributed by atoms with Gasteiger partial charge in [0.25, 0.3) is 0 Å². The van der Waals surface area contributed by atoms with E-state index < -0.39 is 23.0 Å². The summed E-state index contributed by atoms with van der Waals surface area (Å²) in [6.07, 6.45) is 3.13. The Balaban J connectivity index is 1.68. The Morgan fingerprint density at radius 3 is 2.40 bits per heavy atom. The molecule has 4 atom stereocenters. The molecule has 0 aromatic carbocycles. The molecule has 0 spiro atoms. The lowest BCUT2D eigenvalue weighted by molar-refractivity contribution is -0.129. The molecule has 0 saturated carbocycles. The first-order valence-electron chi connectivity index (χ1n) is 8.34. The molecule has 7 heteroatoms. The molecule has 7 nitrogen and oxygen atoms in total. The van der Waals surface area contributed by atoms with Gasteiger partial charge in [0, 0.05) is 0 Å². The van der Waals surface area contributed by atoms with Crippen molar-refractivity contribution in [3.63, 3.8) is 0 Å². The first kappa shape index (κ1) is 14.6. The lowest BCUT2D eigenvalue weighted by atomic mass is 9.69. The molecule has 3 aliphatic rings. The van der Waals surface area contributed by atoms with E-state index >= 15 is 0 Å².